The summed E-state index contributed by atoms with van der Waals surface area (Å²) in [6.07, 6.45) is 3.72. The van der Waals surface area contributed by atoms with Crippen LogP contribution in [0.5, 0.6) is 0 Å². The third-order valence-electron chi connectivity index (χ3n) is 3.87. The van der Waals surface area contributed by atoms with Crippen LogP contribution in [-0.2, 0) is 6.54 Å². The molecule has 0 atom stereocenters. The van der Waals surface area contributed by atoms with Crippen LogP contribution in [0.4, 0.5) is 0 Å². The van der Waals surface area contributed by atoms with E-state index in [4.69, 9.17) is 10.2 Å². The normalized spacial score (nSPS) is 16.5. The molecular formula is C14H23ClN2O2. The van der Waals surface area contributed by atoms with Crippen LogP contribution in [0.3, 0.4) is 0 Å². The van der Waals surface area contributed by atoms with E-state index >= 15 is 0 Å². The van der Waals surface area contributed by atoms with E-state index in [-0.39, 0.29) is 18.3 Å². The van der Waals surface area contributed by atoms with Gasteiger partial charge in [0.05, 0.1) is 12.1 Å². The molecule has 1 aromatic rings. The Labute approximate surface area is 120 Å². The van der Waals surface area contributed by atoms with Gasteiger partial charge in [-0.15, -0.1) is 12.4 Å². The Morgan fingerprint density at radius 2 is 2.11 bits per heavy atom. The number of likely N-dealkylation sites (tertiary alicyclic amines) is 1. The second kappa shape index (κ2) is 6.96. The smallest absolute Gasteiger partial charge is 0.257 e. The second-order valence-corrected chi connectivity index (χ2v) is 5.38. The van der Waals surface area contributed by atoms with Crippen molar-refractivity contribution in [3.8, 4) is 0 Å². The molecule has 2 N–H and O–H groups in total. The highest BCUT2D eigenvalue weighted by molar-refractivity contribution is 5.94. The first-order chi connectivity index (χ1) is 8.61. The van der Waals surface area contributed by atoms with Gasteiger partial charge >= 0.3 is 0 Å². The summed E-state index contributed by atoms with van der Waals surface area (Å²) in [4.78, 5) is 14.2. The van der Waals surface area contributed by atoms with Gasteiger partial charge in [-0.25, -0.2) is 0 Å². The SMILES string of the molecule is CC(C)C1CCN(C(=O)c2coc(CN)c2)CC1.Cl. The lowest BCUT2D eigenvalue weighted by atomic mass is 9.86. The molecule has 2 heterocycles. The van der Waals surface area contributed by atoms with Crippen molar-refractivity contribution in [3.05, 3.63) is 23.7 Å². The fourth-order valence-electron chi connectivity index (χ4n) is 2.55. The first-order valence-corrected chi connectivity index (χ1v) is 6.68. The molecule has 1 amide bonds. The molecule has 1 aromatic heterocycles. The number of amides is 1. The number of furan rings is 1. The minimum atomic E-state index is 0. The predicted molar refractivity (Wildman–Crippen MR) is 77.3 cm³/mol. The van der Waals surface area contributed by atoms with Crippen LogP contribution in [0.15, 0.2) is 16.7 Å². The minimum Gasteiger partial charge on any atom is -0.467 e. The topological polar surface area (TPSA) is 59.5 Å². The second-order valence-electron chi connectivity index (χ2n) is 5.38. The number of nitrogens with two attached hydrogens (primary N) is 1. The molecule has 1 saturated heterocycles. The molecule has 2 rings (SSSR count). The highest BCUT2D eigenvalue weighted by Gasteiger charge is 2.25. The van der Waals surface area contributed by atoms with Crippen molar-refractivity contribution in [1.82, 2.24) is 4.90 Å². The maximum Gasteiger partial charge on any atom is 0.257 e. The first kappa shape index (κ1) is 16.1. The standard InChI is InChI=1S/C14H22N2O2.ClH/c1-10(2)11-3-5-16(6-4-11)14(17)12-7-13(8-15)18-9-12;/h7,9-11H,3-6,8,15H2,1-2H3;1H. The Balaban J connectivity index is 0.00000180. The van der Waals surface area contributed by atoms with Gasteiger partial charge in [0, 0.05) is 13.1 Å². The van der Waals surface area contributed by atoms with E-state index in [0.717, 1.165) is 31.8 Å². The van der Waals surface area contributed by atoms with Crippen LogP contribution >= 0.6 is 12.4 Å². The Morgan fingerprint density at radius 1 is 1.47 bits per heavy atom. The number of halogens is 1. The number of carbonyl (C=O) groups excluding carboxylic acids is 1. The molecule has 0 spiro atoms. The third-order valence-corrected chi connectivity index (χ3v) is 3.87. The van der Waals surface area contributed by atoms with Gasteiger partial charge in [-0.3, -0.25) is 4.79 Å². The van der Waals surface area contributed by atoms with Gasteiger partial charge in [0.2, 0.25) is 0 Å². The lowest BCUT2D eigenvalue weighted by molar-refractivity contribution is 0.0667. The predicted octanol–water partition coefficient (Wildman–Crippen LogP) is 2.67. The van der Waals surface area contributed by atoms with Crippen molar-refractivity contribution in [1.29, 1.82) is 0 Å². The van der Waals surface area contributed by atoms with Crippen LogP contribution in [0, 0.1) is 11.8 Å². The Kier molecular flexibility index (Phi) is 5.88. The third kappa shape index (κ3) is 3.74. The molecule has 5 heteroatoms. The number of rotatable bonds is 3. The molecule has 0 saturated carbocycles. The average Bonchev–Trinajstić information content (AvgIpc) is 2.86. The van der Waals surface area contributed by atoms with Crippen molar-refractivity contribution >= 4 is 18.3 Å². The summed E-state index contributed by atoms with van der Waals surface area (Å²) < 4.78 is 5.21. The van der Waals surface area contributed by atoms with Crippen LogP contribution in [0.25, 0.3) is 0 Å². The van der Waals surface area contributed by atoms with E-state index in [1.54, 1.807) is 6.07 Å². The number of hydrogen-bond donors (Lipinski definition) is 1. The quantitative estimate of drug-likeness (QED) is 0.929. The first-order valence-electron chi connectivity index (χ1n) is 6.68. The minimum absolute atomic E-state index is 0. The van der Waals surface area contributed by atoms with Gasteiger partial charge in [0.25, 0.3) is 5.91 Å². The van der Waals surface area contributed by atoms with Crippen LogP contribution in [0.1, 0.15) is 42.8 Å². The summed E-state index contributed by atoms with van der Waals surface area (Å²) in [5.74, 6) is 2.19. The molecular weight excluding hydrogens is 264 g/mol. The van der Waals surface area contributed by atoms with E-state index in [1.165, 1.54) is 6.26 Å². The van der Waals surface area contributed by atoms with Gasteiger partial charge in [-0.2, -0.15) is 0 Å². The summed E-state index contributed by atoms with van der Waals surface area (Å²) in [6, 6.07) is 1.75. The van der Waals surface area contributed by atoms with E-state index < -0.39 is 0 Å². The molecule has 1 aliphatic heterocycles. The number of piperidine rings is 1. The van der Waals surface area contributed by atoms with Crippen LogP contribution in [0.2, 0.25) is 0 Å². The van der Waals surface area contributed by atoms with Crippen molar-refractivity contribution < 1.29 is 9.21 Å². The van der Waals surface area contributed by atoms with Gasteiger partial charge < -0.3 is 15.1 Å². The highest BCUT2D eigenvalue weighted by Crippen LogP contribution is 2.25. The molecule has 1 fully saturated rings. The largest absolute Gasteiger partial charge is 0.467 e. The fraction of sp³-hybridized carbons (Fsp3) is 0.643. The molecule has 19 heavy (non-hydrogen) atoms. The monoisotopic (exact) mass is 286 g/mol. The number of carbonyl (C=O) groups is 1. The summed E-state index contributed by atoms with van der Waals surface area (Å²) in [6.45, 7) is 6.55. The van der Waals surface area contributed by atoms with Crippen molar-refractivity contribution in [2.24, 2.45) is 17.6 Å². The molecule has 0 unspecified atom stereocenters. The number of nitrogens with zero attached hydrogens (tertiary/aromatic N) is 1. The molecule has 4 nitrogen and oxygen atoms in total. The zero-order valence-corrected chi connectivity index (χ0v) is 12.4. The zero-order chi connectivity index (χ0) is 13.1. The van der Waals surface area contributed by atoms with Crippen molar-refractivity contribution in [2.45, 2.75) is 33.2 Å². The zero-order valence-electron chi connectivity index (χ0n) is 11.6. The number of hydrogen-bond acceptors (Lipinski definition) is 3. The van der Waals surface area contributed by atoms with E-state index in [0.29, 0.717) is 23.8 Å². The summed E-state index contributed by atoms with van der Waals surface area (Å²) in [5, 5.41) is 0. The molecule has 0 radical (unpaired) electrons. The van der Waals surface area contributed by atoms with Crippen molar-refractivity contribution in [2.75, 3.05) is 13.1 Å². The summed E-state index contributed by atoms with van der Waals surface area (Å²) in [5.41, 5.74) is 6.10. The maximum absolute atomic E-state index is 12.2. The Morgan fingerprint density at radius 3 is 2.58 bits per heavy atom. The molecule has 0 aromatic carbocycles. The summed E-state index contributed by atoms with van der Waals surface area (Å²) in [7, 11) is 0. The molecule has 0 aliphatic carbocycles. The van der Waals surface area contributed by atoms with E-state index in [9.17, 15) is 4.79 Å². The average molecular weight is 287 g/mol. The fourth-order valence-corrected chi connectivity index (χ4v) is 2.55. The van der Waals surface area contributed by atoms with Crippen LogP contribution < -0.4 is 5.73 Å². The van der Waals surface area contributed by atoms with Gasteiger partial charge in [-0.1, -0.05) is 13.8 Å². The molecule has 0 bridgehead atoms. The molecule has 108 valence electrons. The highest BCUT2D eigenvalue weighted by atomic mass is 35.5. The molecule has 1 aliphatic rings. The Bertz CT molecular complexity index is 409. The van der Waals surface area contributed by atoms with Gasteiger partial charge in [0.15, 0.2) is 0 Å². The van der Waals surface area contributed by atoms with Crippen molar-refractivity contribution in [3.63, 3.8) is 0 Å². The van der Waals surface area contributed by atoms with Gasteiger partial charge in [-0.05, 0) is 30.7 Å². The van der Waals surface area contributed by atoms with Gasteiger partial charge in [0.1, 0.15) is 12.0 Å². The Hall–Kier alpha value is -1.00. The summed E-state index contributed by atoms with van der Waals surface area (Å²) >= 11 is 0. The lowest BCUT2D eigenvalue weighted by Gasteiger charge is -2.33. The maximum atomic E-state index is 12.2. The van der Waals surface area contributed by atoms with E-state index in [2.05, 4.69) is 13.8 Å². The van der Waals surface area contributed by atoms with E-state index in [1.807, 2.05) is 4.90 Å². The lowest BCUT2D eigenvalue weighted by Crippen LogP contribution is -2.39. The van der Waals surface area contributed by atoms with Crippen LogP contribution in [-0.4, -0.2) is 23.9 Å².